The lowest BCUT2D eigenvalue weighted by molar-refractivity contribution is -0.114. The highest BCUT2D eigenvalue weighted by molar-refractivity contribution is 7.91. The molecule has 0 aliphatic rings. The Morgan fingerprint density at radius 3 is 2.27 bits per heavy atom. The highest BCUT2D eigenvalue weighted by Crippen LogP contribution is 2.39. The maximum absolute atomic E-state index is 13.3. The molecule has 0 atom stereocenters. The zero-order valence-corrected chi connectivity index (χ0v) is 19.4. The highest BCUT2D eigenvalue weighted by atomic mass is 32.2. The van der Waals surface area contributed by atoms with E-state index >= 15 is 0 Å². The summed E-state index contributed by atoms with van der Waals surface area (Å²) in [5, 5.41) is 5.74. The van der Waals surface area contributed by atoms with Crippen molar-refractivity contribution in [1.29, 1.82) is 0 Å². The second-order valence-corrected chi connectivity index (χ2v) is 8.77. The first kappa shape index (κ1) is 23.9. The molecule has 1 amide bonds. The number of nitrogens with one attached hydrogen (secondary N) is 2. The van der Waals surface area contributed by atoms with Crippen molar-refractivity contribution in [2.45, 2.75) is 16.7 Å². The van der Waals surface area contributed by atoms with E-state index in [1.165, 1.54) is 32.4 Å². The van der Waals surface area contributed by atoms with Crippen molar-refractivity contribution >= 4 is 27.1 Å². The third-order valence-corrected chi connectivity index (χ3v) is 6.49. The standard InChI is InChI=1S/C24H26N2O6S/c1-4-32-21-13-9-8-12-19(21)26-23(27)16-25-20-14-17(30-2)15-22(24(20)31-3)33(28,29)18-10-6-5-7-11-18/h5-15,25H,4,16H2,1-3H3,(H,26,27). The Bertz CT molecular complexity index is 1210. The lowest BCUT2D eigenvalue weighted by atomic mass is 10.2. The first-order valence-electron chi connectivity index (χ1n) is 10.2. The highest BCUT2D eigenvalue weighted by Gasteiger charge is 2.26. The lowest BCUT2D eigenvalue weighted by Gasteiger charge is -2.17. The van der Waals surface area contributed by atoms with Crippen molar-refractivity contribution < 1.29 is 27.4 Å². The molecule has 0 aromatic heterocycles. The van der Waals surface area contributed by atoms with E-state index in [-0.39, 0.29) is 28.0 Å². The van der Waals surface area contributed by atoms with Crippen LogP contribution >= 0.6 is 0 Å². The molecule has 0 spiro atoms. The van der Waals surface area contributed by atoms with E-state index in [4.69, 9.17) is 14.2 Å². The summed E-state index contributed by atoms with van der Waals surface area (Å²) in [5.74, 6) is 0.597. The van der Waals surface area contributed by atoms with E-state index in [2.05, 4.69) is 10.6 Å². The molecular weight excluding hydrogens is 444 g/mol. The van der Waals surface area contributed by atoms with Crippen molar-refractivity contribution in [3.63, 3.8) is 0 Å². The van der Waals surface area contributed by atoms with Gasteiger partial charge in [0.1, 0.15) is 16.4 Å². The predicted octanol–water partition coefficient (Wildman–Crippen LogP) is 3.99. The minimum atomic E-state index is -3.90. The summed E-state index contributed by atoms with van der Waals surface area (Å²) in [6.07, 6.45) is 0. The Balaban J connectivity index is 1.88. The van der Waals surface area contributed by atoms with Crippen LogP contribution in [0.25, 0.3) is 0 Å². The molecule has 3 rings (SSSR count). The van der Waals surface area contributed by atoms with Crippen LogP contribution in [0.3, 0.4) is 0 Å². The number of carbonyl (C=O) groups is 1. The average Bonchev–Trinajstić information content (AvgIpc) is 2.84. The first-order valence-corrected chi connectivity index (χ1v) is 11.7. The largest absolute Gasteiger partial charge is 0.497 e. The van der Waals surface area contributed by atoms with Crippen molar-refractivity contribution in [2.24, 2.45) is 0 Å². The fourth-order valence-corrected chi connectivity index (χ4v) is 4.66. The van der Waals surface area contributed by atoms with E-state index < -0.39 is 9.84 Å². The lowest BCUT2D eigenvalue weighted by Crippen LogP contribution is -2.22. The van der Waals surface area contributed by atoms with E-state index in [1.807, 2.05) is 13.0 Å². The van der Waals surface area contributed by atoms with E-state index in [9.17, 15) is 13.2 Å². The predicted molar refractivity (Wildman–Crippen MR) is 126 cm³/mol. The molecule has 3 aromatic rings. The van der Waals surface area contributed by atoms with Gasteiger partial charge in [0.15, 0.2) is 5.75 Å². The quantitative estimate of drug-likeness (QED) is 0.462. The number of amides is 1. The number of hydrogen-bond donors (Lipinski definition) is 2. The molecule has 0 saturated heterocycles. The first-order chi connectivity index (χ1) is 15.9. The Morgan fingerprint density at radius 1 is 0.909 bits per heavy atom. The zero-order valence-electron chi connectivity index (χ0n) is 18.6. The molecule has 0 bridgehead atoms. The van der Waals surface area contributed by atoms with E-state index in [1.54, 1.807) is 42.5 Å². The van der Waals surface area contributed by atoms with Gasteiger partial charge in [0, 0.05) is 12.1 Å². The Hall–Kier alpha value is -3.72. The third-order valence-electron chi connectivity index (χ3n) is 4.71. The van der Waals surface area contributed by atoms with Gasteiger partial charge in [-0.2, -0.15) is 0 Å². The van der Waals surface area contributed by atoms with Crippen LogP contribution in [0.4, 0.5) is 11.4 Å². The minimum Gasteiger partial charge on any atom is -0.497 e. The van der Waals surface area contributed by atoms with Crippen LogP contribution in [0.15, 0.2) is 76.5 Å². The normalized spacial score (nSPS) is 10.9. The van der Waals surface area contributed by atoms with Gasteiger partial charge in [-0.05, 0) is 31.2 Å². The Morgan fingerprint density at radius 2 is 1.61 bits per heavy atom. The second-order valence-electron chi connectivity index (χ2n) is 6.85. The van der Waals surface area contributed by atoms with Gasteiger partial charge in [-0.15, -0.1) is 0 Å². The van der Waals surface area contributed by atoms with Crippen LogP contribution in [-0.2, 0) is 14.6 Å². The molecule has 0 saturated carbocycles. The van der Waals surface area contributed by atoms with Crippen LogP contribution < -0.4 is 24.8 Å². The number of benzene rings is 3. The number of para-hydroxylation sites is 2. The molecule has 0 heterocycles. The number of carbonyl (C=O) groups excluding carboxylic acids is 1. The number of anilines is 2. The summed E-state index contributed by atoms with van der Waals surface area (Å²) in [6.45, 7) is 2.18. The maximum Gasteiger partial charge on any atom is 0.243 e. The molecule has 0 fully saturated rings. The molecule has 0 unspecified atom stereocenters. The molecule has 174 valence electrons. The SMILES string of the molecule is CCOc1ccccc1NC(=O)CNc1cc(OC)cc(S(=O)(=O)c2ccccc2)c1OC. The molecular formula is C24H26N2O6S. The molecule has 0 aliphatic heterocycles. The van der Waals surface area contributed by atoms with Crippen LogP contribution in [-0.4, -0.2) is 41.7 Å². The number of methoxy groups -OCH3 is 2. The summed E-state index contributed by atoms with van der Waals surface area (Å²) in [7, 11) is -1.10. The second kappa shape index (κ2) is 10.7. The molecule has 2 N–H and O–H groups in total. The molecule has 33 heavy (non-hydrogen) atoms. The fraction of sp³-hybridized carbons (Fsp3) is 0.208. The number of rotatable bonds is 10. The minimum absolute atomic E-state index is 0.0693. The molecule has 0 radical (unpaired) electrons. The smallest absolute Gasteiger partial charge is 0.243 e. The van der Waals surface area contributed by atoms with Gasteiger partial charge in [-0.3, -0.25) is 4.79 Å². The van der Waals surface area contributed by atoms with E-state index in [0.717, 1.165) is 0 Å². The summed E-state index contributed by atoms with van der Waals surface area (Å²) < 4.78 is 42.8. The van der Waals surface area contributed by atoms with Crippen molar-refractivity contribution in [3.05, 3.63) is 66.7 Å². The summed E-state index contributed by atoms with van der Waals surface area (Å²) in [6, 6.07) is 18.1. The van der Waals surface area contributed by atoms with E-state index in [0.29, 0.717) is 29.5 Å². The number of hydrogen-bond acceptors (Lipinski definition) is 7. The number of ether oxygens (including phenoxy) is 3. The van der Waals surface area contributed by atoms with Crippen LogP contribution in [0.1, 0.15) is 6.92 Å². The zero-order chi connectivity index (χ0) is 23.8. The Labute approximate surface area is 193 Å². The van der Waals surface area contributed by atoms with Crippen molar-refractivity contribution in [1.82, 2.24) is 0 Å². The number of sulfone groups is 1. The fourth-order valence-electron chi connectivity index (χ4n) is 3.18. The molecule has 0 aliphatic carbocycles. The van der Waals surface area contributed by atoms with Gasteiger partial charge in [-0.1, -0.05) is 30.3 Å². The third kappa shape index (κ3) is 5.56. The van der Waals surface area contributed by atoms with Gasteiger partial charge >= 0.3 is 0 Å². The van der Waals surface area contributed by atoms with Gasteiger partial charge < -0.3 is 24.8 Å². The maximum atomic E-state index is 13.3. The van der Waals surface area contributed by atoms with Gasteiger partial charge in [-0.25, -0.2) is 8.42 Å². The summed E-state index contributed by atoms with van der Waals surface area (Å²) >= 11 is 0. The van der Waals surface area contributed by atoms with Crippen LogP contribution in [0.5, 0.6) is 17.2 Å². The Kier molecular flexibility index (Phi) is 7.78. The molecule has 9 heteroatoms. The van der Waals surface area contributed by atoms with Crippen LogP contribution in [0, 0.1) is 0 Å². The van der Waals surface area contributed by atoms with Gasteiger partial charge in [0.2, 0.25) is 15.7 Å². The summed E-state index contributed by atoms with van der Waals surface area (Å²) in [5.41, 5.74) is 0.843. The van der Waals surface area contributed by atoms with Gasteiger partial charge in [0.25, 0.3) is 0 Å². The monoisotopic (exact) mass is 470 g/mol. The van der Waals surface area contributed by atoms with Crippen LogP contribution in [0.2, 0.25) is 0 Å². The summed E-state index contributed by atoms with van der Waals surface area (Å²) in [4.78, 5) is 12.6. The molecule has 8 nitrogen and oxygen atoms in total. The van der Waals surface area contributed by atoms with Crippen molar-refractivity contribution in [3.8, 4) is 17.2 Å². The van der Waals surface area contributed by atoms with Gasteiger partial charge in [0.05, 0.1) is 43.6 Å². The van der Waals surface area contributed by atoms with Crippen molar-refractivity contribution in [2.75, 3.05) is 38.0 Å². The average molecular weight is 471 g/mol. The topological polar surface area (TPSA) is 103 Å². The molecule has 3 aromatic carbocycles.